The lowest BCUT2D eigenvalue weighted by molar-refractivity contribution is -0.120. The zero-order valence-electron chi connectivity index (χ0n) is 9.93. The number of allylic oxidation sites excluding steroid dienone is 3. The van der Waals surface area contributed by atoms with Crippen molar-refractivity contribution in [3.63, 3.8) is 0 Å². The van der Waals surface area contributed by atoms with Crippen molar-refractivity contribution in [2.75, 3.05) is 0 Å². The normalized spacial score (nSPS) is 34.8. The van der Waals surface area contributed by atoms with E-state index in [0.717, 1.165) is 31.6 Å². The molecule has 0 aromatic heterocycles. The van der Waals surface area contributed by atoms with Crippen LogP contribution < -0.4 is 0 Å². The molecule has 3 aliphatic rings. The highest BCUT2D eigenvalue weighted by atomic mass is 16.1. The van der Waals surface area contributed by atoms with Crippen molar-refractivity contribution in [3.05, 3.63) is 23.3 Å². The fourth-order valence-corrected chi connectivity index (χ4v) is 3.88. The topological polar surface area (TPSA) is 17.1 Å². The molecule has 0 saturated heterocycles. The highest BCUT2D eigenvalue weighted by molar-refractivity contribution is 5.87. The van der Waals surface area contributed by atoms with Crippen LogP contribution in [0.25, 0.3) is 0 Å². The number of carbonyl (C=O) groups is 1. The third-order valence-electron chi connectivity index (χ3n) is 4.63. The van der Waals surface area contributed by atoms with Crippen molar-refractivity contribution in [2.45, 2.75) is 51.4 Å². The summed E-state index contributed by atoms with van der Waals surface area (Å²) in [7, 11) is 0. The van der Waals surface area contributed by atoms with E-state index in [0.29, 0.717) is 5.78 Å². The zero-order chi connectivity index (χ0) is 11.1. The van der Waals surface area contributed by atoms with Gasteiger partial charge in [-0.3, -0.25) is 4.79 Å². The highest BCUT2D eigenvalue weighted by Crippen LogP contribution is 2.46. The van der Waals surface area contributed by atoms with Gasteiger partial charge in [-0.25, -0.2) is 0 Å². The van der Waals surface area contributed by atoms with Crippen molar-refractivity contribution in [1.29, 1.82) is 0 Å². The molecule has 0 amide bonds. The molecule has 16 heavy (non-hydrogen) atoms. The molecule has 0 aliphatic heterocycles. The summed E-state index contributed by atoms with van der Waals surface area (Å²) in [6, 6.07) is 0. The molecule has 0 aromatic rings. The lowest BCUT2D eigenvalue weighted by atomic mass is 9.79. The summed E-state index contributed by atoms with van der Waals surface area (Å²) in [4.78, 5) is 11.9. The fourth-order valence-electron chi connectivity index (χ4n) is 3.88. The Kier molecular flexibility index (Phi) is 2.49. The van der Waals surface area contributed by atoms with Crippen molar-refractivity contribution in [1.82, 2.24) is 0 Å². The largest absolute Gasteiger partial charge is 0.299 e. The Morgan fingerprint density at radius 1 is 1.00 bits per heavy atom. The zero-order valence-corrected chi connectivity index (χ0v) is 9.93. The van der Waals surface area contributed by atoms with Crippen molar-refractivity contribution >= 4 is 5.78 Å². The van der Waals surface area contributed by atoms with E-state index in [1.54, 1.807) is 5.57 Å². The quantitative estimate of drug-likeness (QED) is 0.563. The van der Waals surface area contributed by atoms with E-state index in [2.05, 4.69) is 6.58 Å². The van der Waals surface area contributed by atoms with Crippen molar-refractivity contribution < 1.29 is 4.79 Å². The fraction of sp³-hybridized carbons (Fsp3) is 0.667. The number of ketones is 1. The number of rotatable bonds is 0. The number of Topliss-reactive ketones (excluding diaryl/α,β-unsaturated/α-hetero) is 1. The smallest absolute Gasteiger partial charge is 0.140 e. The summed E-state index contributed by atoms with van der Waals surface area (Å²) < 4.78 is 0. The molecule has 1 nitrogen and oxygen atoms in total. The van der Waals surface area contributed by atoms with Gasteiger partial charge in [0.1, 0.15) is 5.78 Å². The first-order chi connectivity index (χ1) is 7.75. The minimum Gasteiger partial charge on any atom is -0.299 e. The standard InChI is InChI=1S/C15H20O/c1-10-8-11-4-2-3-5-12(11)13-6-7-15(16)14(13)9-10/h11,14H,1-9H2. The second kappa shape index (κ2) is 3.87. The van der Waals surface area contributed by atoms with Gasteiger partial charge in [-0.2, -0.15) is 0 Å². The average Bonchev–Trinajstić information content (AvgIpc) is 2.56. The number of hydrogen-bond acceptors (Lipinski definition) is 1. The monoisotopic (exact) mass is 216 g/mol. The third-order valence-corrected chi connectivity index (χ3v) is 4.63. The van der Waals surface area contributed by atoms with Gasteiger partial charge in [-0.15, -0.1) is 0 Å². The van der Waals surface area contributed by atoms with E-state index < -0.39 is 0 Å². The van der Waals surface area contributed by atoms with Crippen LogP contribution in [0.5, 0.6) is 0 Å². The molecular weight excluding hydrogens is 196 g/mol. The Labute approximate surface area is 97.6 Å². The van der Waals surface area contributed by atoms with Crippen LogP contribution >= 0.6 is 0 Å². The Balaban J connectivity index is 2.02. The number of fused-ring (bicyclic) bond motifs is 2. The van der Waals surface area contributed by atoms with Gasteiger partial charge >= 0.3 is 0 Å². The van der Waals surface area contributed by atoms with Crippen molar-refractivity contribution in [3.8, 4) is 0 Å². The van der Waals surface area contributed by atoms with E-state index >= 15 is 0 Å². The van der Waals surface area contributed by atoms with Gasteiger partial charge in [0.2, 0.25) is 0 Å². The molecule has 2 atom stereocenters. The van der Waals surface area contributed by atoms with E-state index in [1.807, 2.05) is 0 Å². The van der Waals surface area contributed by atoms with E-state index in [4.69, 9.17) is 0 Å². The number of hydrogen-bond donors (Lipinski definition) is 0. The second-order valence-corrected chi connectivity index (χ2v) is 5.67. The molecule has 0 aromatic carbocycles. The second-order valence-electron chi connectivity index (χ2n) is 5.67. The molecule has 1 heteroatoms. The van der Waals surface area contributed by atoms with Crippen LogP contribution in [0.15, 0.2) is 23.3 Å². The molecule has 0 radical (unpaired) electrons. The molecule has 2 unspecified atom stereocenters. The summed E-state index contributed by atoms with van der Waals surface area (Å²) in [5, 5.41) is 0. The molecular formula is C15H20O. The Bertz CT molecular complexity index is 375. The Morgan fingerprint density at radius 3 is 2.75 bits per heavy atom. The van der Waals surface area contributed by atoms with Gasteiger partial charge in [-0.05, 0) is 44.4 Å². The van der Waals surface area contributed by atoms with Crippen LogP contribution in [0.2, 0.25) is 0 Å². The maximum Gasteiger partial charge on any atom is 0.140 e. The van der Waals surface area contributed by atoms with E-state index in [-0.39, 0.29) is 5.92 Å². The van der Waals surface area contributed by atoms with E-state index in [9.17, 15) is 4.79 Å². The maximum absolute atomic E-state index is 11.9. The Morgan fingerprint density at radius 2 is 1.88 bits per heavy atom. The number of carbonyl (C=O) groups excluding carboxylic acids is 1. The van der Waals surface area contributed by atoms with Gasteiger partial charge < -0.3 is 0 Å². The first-order valence-corrected chi connectivity index (χ1v) is 6.67. The molecule has 2 saturated carbocycles. The van der Waals surface area contributed by atoms with Crippen molar-refractivity contribution in [2.24, 2.45) is 11.8 Å². The molecule has 3 rings (SSSR count). The van der Waals surface area contributed by atoms with Gasteiger partial charge in [0.25, 0.3) is 0 Å². The molecule has 0 N–H and O–H groups in total. The van der Waals surface area contributed by atoms with Gasteiger partial charge in [0, 0.05) is 12.3 Å². The lowest BCUT2D eigenvalue weighted by Gasteiger charge is -2.26. The SMILES string of the molecule is C=C1CC2CCCCC2=C2CCC(=O)C2C1. The predicted octanol–water partition coefficient (Wildman–Crippen LogP) is 3.80. The first kappa shape index (κ1) is 10.3. The molecule has 0 bridgehead atoms. The summed E-state index contributed by atoms with van der Waals surface area (Å²) in [5.74, 6) is 1.47. The van der Waals surface area contributed by atoms with Gasteiger partial charge in [-0.1, -0.05) is 29.7 Å². The van der Waals surface area contributed by atoms with Gasteiger partial charge in [0.05, 0.1) is 0 Å². The molecule has 3 aliphatic carbocycles. The summed E-state index contributed by atoms with van der Waals surface area (Å²) in [5.41, 5.74) is 4.52. The molecule has 0 spiro atoms. The van der Waals surface area contributed by atoms with Crippen LogP contribution in [-0.4, -0.2) is 5.78 Å². The van der Waals surface area contributed by atoms with Crippen LogP contribution in [0.4, 0.5) is 0 Å². The van der Waals surface area contributed by atoms with Crippen LogP contribution in [0.3, 0.4) is 0 Å². The highest BCUT2D eigenvalue weighted by Gasteiger charge is 2.37. The molecule has 2 fully saturated rings. The van der Waals surface area contributed by atoms with Gasteiger partial charge in [0.15, 0.2) is 0 Å². The summed E-state index contributed by atoms with van der Waals surface area (Å²) >= 11 is 0. The molecule has 86 valence electrons. The Hall–Kier alpha value is -0.850. The third kappa shape index (κ3) is 1.57. The minimum atomic E-state index is 0.241. The maximum atomic E-state index is 11.9. The summed E-state index contributed by atoms with van der Waals surface area (Å²) in [6.07, 6.45) is 9.26. The first-order valence-electron chi connectivity index (χ1n) is 6.67. The van der Waals surface area contributed by atoms with Crippen LogP contribution in [0.1, 0.15) is 51.4 Å². The van der Waals surface area contributed by atoms with E-state index in [1.165, 1.54) is 36.8 Å². The average molecular weight is 216 g/mol. The van der Waals surface area contributed by atoms with Crippen LogP contribution in [-0.2, 0) is 4.79 Å². The lowest BCUT2D eigenvalue weighted by Crippen LogP contribution is -2.12. The summed E-state index contributed by atoms with van der Waals surface area (Å²) in [6.45, 7) is 4.18. The minimum absolute atomic E-state index is 0.241. The predicted molar refractivity (Wildman–Crippen MR) is 65.1 cm³/mol. The van der Waals surface area contributed by atoms with Crippen LogP contribution in [0, 0.1) is 11.8 Å². The molecule has 0 heterocycles.